The molecule has 1 atom stereocenters. The highest BCUT2D eigenvalue weighted by atomic mass is 16.2. The summed E-state index contributed by atoms with van der Waals surface area (Å²) in [6, 6.07) is 0.209. The molecule has 0 spiro atoms. The maximum atomic E-state index is 11.1. The van der Waals surface area contributed by atoms with Gasteiger partial charge in [0.25, 0.3) is 0 Å². The van der Waals surface area contributed by atoms with E-state index in [4.69, 9.17) is 5.73 Å². The molecule has 2 amide bonds. The molecule has 1 aliphatic heterocycles. The Balaban J connectivity index is 2.63. The lowest BCUT2D eigenvalue weighted by atomic mass is 10.0. The molecule has 5 heteroatoms. The number of amides is 2. The van der Waals surface area contributed by atoms with E-state index in [1.54, 1.807) is 0 Å². The van der Waals surface area contributed by atoms with Crippen LogP contribution in [0.25, 0.3) is 0 Å². The summed E-state index contributed by atoms with van der Waals surface area (Å²) in [7, 11) is 0. The molecule has 80 valence electrons. The van der Waals surface area contributed by atoms with Gasteiger partial charge in [-0.3, -0.25) is 14.5 Å². The van der Waals surface area contributed by atoms with Crippen LogP contribution in [0, 0.1) is 5.92 Å². The number of hydrogen-bond donors (Lipinski definition) is 2. The van der Waals surface area contributed by atoms with Crippen molar-refractivity contribution in [2.75, 3.05) is 19.6 Å². The Morgan fingerprint density at radius 1 is 1.71 bits per heavy atom. The summed E-state index contributed by atoms with van der Waals surface area (Å²) in [6.07, 6.45) is 0. The molecule has 0 aromatic heterocycles. The monoisotopic (exact) mass is 199 g/mol. The third-order valence-electron chi connectivity index (χ3n) is 2.45. The van der Waals surface area contributed by atoms with Crippen LogP contribution in [0.2, 0.25) is 0 Å². The van der Waals surface area contributed by atoms with Gasteiger partial charge in [0.2, 0.25) is 11.8 Å². The second-order valence-corrected chi connectivity index (χ2v) is 3.99. The number of nitrogens with zero attached hydrogens (tertiary/aromatic N) is 1. The Morgan fingerprint density at radius 3 is 2.86 bits per heavy atom. The summed E-state index contributed by atoms with van der Waals surface area (Å²) < 4.78 is 0. The van der Waals surface area contributed by atoms with Crippen LogP contribution in [0.5, 0.6) is 0 Å². The van der Waals surface area contributed by atoms with Crippen molar-refractivity contribution in [1.82, 2.24) is 10.2 Å². The fourth-order valence-electron chi connectivity index (χ4n) is 1.74. The van der Waals surface area contributed by atoms with E-state index in [-0.39, 0.29) is 30.9 Å². The van der Waals surface area contributed by atoms with Crippen molar-refractivity contribution < 1.29 is 9.59 Å². The Bertz CT molecular complexity index is 238. The fraction of sp³-hybridized carbons (Fsp3) is 0.778. The van der Waals surface area contributed by atoms with Crippen LogP contribution in [0.1, 0.15) is 13.8 Å². The van der Waals surface area contributed by atoms with Crippen molar-refractivity contribution in [3.63, 3.8) is 0 Å². The molecule has 14 heavy (non-hydrogen) atoms. The second kappa shape index (κ2) is 4.41. The molecule has 0 bridgehead atoms. The van der Waals surface area contributed by atoms with E-state index in [0.29, 0.717) is 12.5 Å². The van der Waals surface area contributed by atoms with Gasteiger partial charge in [-0.25, -0.2) is 0 Å². The lowest BCUT2D eigenvalue weighted by Crippen LogP contribution is -2.57. The molecule has 1 saturated heterocycles. The molecule has 1 heterocycles. The van der Waals surface area contributed by atoms with Gasteiger partial charge in [0.15, 0.2) is 0 Å². The van der Waals surface area contributed by atoms with E-state index >= 15 is 0 Å². The molecule has 1 rings (SSSR count). The van der Waals surface area contributed by atoms with E-state index in [9.17, 15) is 9.59 Å². The normalized spacial score (nSPS) is 23.6. The predicted octanol–water partition coefficient (Wildman–Crippen LogP) is -1.07. The highest BCUT2D eigenvalue weighted by Gasteiger charge is 2.29. The predicted molar refractivity (Wildman–Crippen MR) is 52.4 cm³/mol. The first-order valence-corrected chi connectivity index (χ1v) is 4.79. The van der Waals surface area contributed by atoms with Crippen LogP contribution < -0.4 is 11.1 Å². The van der Waals surface area contributed by atoms with Gasteiger partial charge in [-0.05, 0) is 5.92 Å². The zero-order valence-electron chi connectivity index (χ0n) is 8.62. The van der Waals surface area contributed by atoms with E-state index in [0.717, 1.165) is 0 Å². The number of primary amides is 1. The third-order valence-corrected chi connectivity index (χ3v) is 2.45. The molecular formula is C9H17N3O2. The maximum Gasteiger partial charge on any atom is 0.234 e. The van der Waals surface area contributed by atoms with Crippen molar-refractivity contribution >= 4 is 11.8 Å². The minimum Gasteiger partial charge on any atom is -0.369 e. The first-order chi connectivity index (χ1) is 6.50. The van der Waals surface area contributed by atoms with Crippen LogP contribution in [0.4, 0.5) is 0 Å². The molecule has 0 saturated carbocycles. The number of piperazine rings is 1. The van der Waals surface area contributed by atoms with Crippen molar-refractivity contribution in [2.45, 2.75) is 19.9 Å². The maximum absolute atomic E-state index is 11.1. The molecular weight excluding hydrogens is 182 g/mol. The van der Waals surface area contributed by atoms with E-state index in [1.807, 2.05) is 4.90 Å². The summed E-state index contributed by atoms with van der Waals surface area (Å²) in [5.41, 5.74) is 5.12. The smallest absolute Gasteiger partial charge is 0.234 e. The zero-order valence-corrected chi connectivity index (χ0v) is 8.62. The molecule has 0 aromatic rings. The molecule has 3 N–H and O–H groups in total. The van der Waals surface area contributed by atoms with Gasteiger partial charge >= 0.3 is 0 Å². The summed E-state index contributed by atoms with van der Waals surface area (Å²) >= 11 is 0. The Labute approximate surface area is 83.6 Å². The molecule has 1 unspecified atom stereocenters. The number of rotatable bonds is 3. The molecule has 1 aliphatic rings. The van der Waals surface area contributed by atoms with Crippen molar-refractivity contribution in [1.29, 1.82) is 0 Å². The average molecular weight is 199 g/mol. The Hall–Kier alpha value is -1.10. The first kappa shape index (κ1) is 11.0. The topological polar surface area (TPSA) is 75.4 Å². The minimum absolute atomic E-state index is 0.0387. The van der Waals surface area contributed by atoms with E-state index < -0.39 is 0 Å². The highest BCUT2D eigenvalue weighted by Crippen LogP contribution is 2.12. The van der Waals surface area contributed by atoms with Crippen LogP contribution in [-0.4, -0.2) is 42.4 Å². The Morgan fingerprint density at radius 2 is 2.36 bits per heavy atom. The van der Waals surface area contributed by atoms with Crippen LogP contribution in [0.15, 0.2) is 0 Å². The van der Waals surface area contributed by atoms with Crippen molar-refractivity contribution in [3.8, 4) is 0 Å². The SMILES string of the molecule is CC(C)C1CNC(=O)CN1CC(N)=O. The summed E-state index contributed by atoms with van der Waals surface area (Å²) in [5, 5.41) is 2.78. The first-order valence-electron chi connectivity index (χ1n) is 4.79. The largest absolute Gasteiger partial charge is 0.369 e. The highest BCUT2D eigenvalue weighted by molar-refractivity contribution is 5.81. The zero-order chi connectivity index (χ0) is 10.7. The summed E-state index contributed by atoms with van der Waals surface area (Å²) in [6.45, 7) is 5.16. The van der Waals surface area contributed by atoms with Gasteiger partial charge in [0.1, 0.15) is 0 Å². The fourth-order valence-corrected chi connectivity index (χ4v) is 1.74. The third kappa shape index (κ3) is 2.70. The Kier molecular flexibility index (Phi) is 3.46. The van der Waals surface area contributed by atoms with Crippen molar-refractivity contribution in [3.05, 3.63) is 0 Å². The van der Waals surface area contributed by atoms with Gasteiger partial charge in [-0.1, -0.05) is 13.8 Å². The quantitative estimate of drug-likeness (QED) is 0.607. The van der Waals surface area contributed by atoms with Crippen LogP contribution >= 0.6 is 0 Å². The number of carbonyl (C=O) groups is 2. The van der Waals surface area contributed by atoms with Crippen LogP contribution in [0.3, 0.4) is 0 Å². The molecule has 0 radical (unpaired) electrons. The van der Waals surface area contributed by atoms with Gasteiger partial charge in [-0.15, -0.1) is 0 Å². The number of hydrogen-bond acceptors (Lipinski definition) is 3. The lowest BCUT2D eigenvalue weighted by molar-refractivity contribution is -0.128. The minimum atomic E-state index is -0.384. The van der Waals surface area contributed by atoms with Gasteiger partial charge < -0.3 is 11.1 Å². The van der Waals surface area contributed by atoms with Crippen LogP contribution in [-0.2, 0) is 9.59 Å². The lowest BCUT2D eigenvalue weighted by Gasteiger charge is -2.36. The molecule has 1 fully saturated rings. The van der Waals surface area contributed by atoms with Gasteiger partial charge in [0, 0.05) is 12.6 Å². The van der Waals surface area contributed by atoms with E-state index in [2.05, 4.69) is 19.2 Å². The standard InChI is InChI=1S/C9H17N3O2/c1-6(2)7-3-11-9(14)5-12(7)4-8(10)13/h6-7H,3-5H2,1-2H3,(H2,10,13)(H,11,14). The molecule has 5 nitrogen and oxygen atoms in total. The van der Waals surface area contributed by atoms with Gasteiger partial charge in [-0.2, -0.15) is 0 Å². The number of nitrogens with one attached hydrogen (secondary N) is 1. The average Bonchev–Trinajstić information content (AvgIpc) is 2.01. The second-order valence-electron chi connectivity index (χ2n) is 3.99. The number of carbonyl (C=O) groups excluding carboxylic acids is 2. The van der Waals surface area contributed by atoms with E-state index in [1.165, 1.54) is 0 Å². The van der Waals surface area contributed by atoms with Gasteiger partial charge in [0.05, 0.1) is 13.1 Å². The molecule has 0 aliphatic carbocycles. The molecule has 0 aromatic carbocycles. The summed E-state index contributed by atoms with van der Waals surface area (Å²) in [4.78, 5) is 23.7. The summed E-state index contributed by atoms with van der Waals surface area (Å²) in [5.74, 6) is -0.0246. The van der Waals surface area contributed by atoms with Crippen molar-refractivity contribution in [2.24, 2.45) is 11.7 Å². The number of nitrogens with two attached hydrogens (primary N) is 1.